The Bertz CT molecular complexity index is 1100. The van der Waals surface area contributed by atoms with E-state index in [1.807, 2.05) is 31.1 Å². The van der Waals surface area contributed by atoms with Crippen molar-refractivity contribution in [3.05, 3.63) is 58.1 Å². The number of nitriles is 1. The molecule has 3 N–H and O–H groups in total. The monoisotopic (exact) mass is 395 g/mol. The maximum atomic E-state index is 12.4. The standard InChI is InChI=1S/C21H21N3O3S/c1-24(2)11-15-16(25)9-14(8-12-6-4-5-7-13(12)10-22)17-18(21(26)27-3)20(23)28-19(15)17/h4-7,9,25H,8,11,23H2,1-3H3. The highest BCUT2D eigenvalue weighted by Crippen LogP contribution is 2.43. The number of benzene rings is 2. The first-order valence-corrected chi connectivity index (χ1v) is 9.45. The molecule has 0 bridgehead atoms. The average Bonchev–Trinajstić information content (AvgIpc) is 3.01. The normalized spacial score (nSPS) is 11.0. The van der Waals surface area contributed by atoms with Crippen molar-refractivity contribution in [1.29, 1.82) is 5.26 Å². The number of carbonyl (C=O) groups excluding carboxylic acids is 1. The van der Waals surface area contributed by atoms with Gasteiger partial charge in [0.25, 0.3) is 0 Å². The van der Waals surface area contributed by atoms with Gasteiger partial charge in [0.05, 0.1) is 18.7 Å². The lowest BCUT2D eigenvalue weighted by atomic mass is 9.94. The van der Waals surface area contributed by atoms with Crippen molar-refractivity contribution in [3.63, 3.8) is 0 Å². The number of nitrogens with zero attached hydrogens (tertiary/aromatic N) is 2. The average molecular weight is 395 g/mol. The van der Waals surface area contributed by atoms with E-state index in [-0.39, 0.29) is 5.75 Å². The number of hydrogen-bond acceptors (Lipinski definition) is 7. The number of anilines is 1. The summed E-state index contributed by atoms with van der Waals surface area (Å²) in [4.78, 5) is 14.4. The number of fused-ring (bicyclic) bond motifs is 1. The van der Waals surface area contributed by atoms with Crippen LogP contribution in [0.1, 0.15) is 32.6 Å². The molecule has 0 saturated carbocycles. The topological polar surface area (TPSA) is 99.6 Å². The number of ether oxygens (including phenoxy) is 1. The van der Waals surface area contributed by atoms with Crippen LogP contribution in [0.3, 0.4) is 0 Å². The molecule has 0 unspecified atom stereocenters. The number of phenolic OH excluding ortho intramolecular Hbond substituents is 1. The number of carbonyl (C=O) groups is 1. The fourth-order valence-corrected chi connectivity index (χ4v) is 4.45. The van der Waals surface area contributed by atoms with Crippen molar-refractivity contribution in [2.45, 2.75) is 13.0 Å². The minimum Gasteiger partial charge on any atom is -0.508 e. The van der Waals surface area contributed by atoms with Crippen molar-refractivity contribution in [2.75, 3.05) is 26.9 Å². The highest BCUT2D eigenvalue weighted by Gasteiger charge is 2.25. The summed E-state index contributed by atoms with van der Waals surface area (Å²) in [7, 11) is 5.12. The van der Waals surface area contributed by atoms with Crippen molar-refractivity contribution in [2.24, 2.45) is 0 Å². The Hall–Kier alpha value is -3.08. The predicted octanol–water partition coefficient (Wildman–Crippen LogP) is 3.50. The number of methoxy groups -OCH3 is 1. The Morgan fingerprint density at radius 1 is 1.32 bits per heavy atom. The smallest absolute Gasteiger partial charge is 0.341 e. The van der Waals surface area contributed by atoms with Crippen LogP contribution in [0.25, 0.3) is 10.1 Å². The van der Waals surface area contributed by atoms with Gasteiger partial charge in [0.2, 0.25) is 0 Å². The molecular formula is C21H21N3O3S. The van der Waals surface area contributed by atoms with Crippen LogP contribution in [0.5, 0.6) is 5.75 Å². The van der Waals surface area contributed by atoms with Gasteiger partial charge in [0.1, 0.15) is 16.3 Å². The molecule has 6 nitrogen and oxygen atoms in total. The first kappa shape index (κ1) is 19.7. The molecule has 2 aromatic carbocycles. The number of nitrogens with two attached hydrogens (primary N) is 1. The molecule has 0 aliphatic carbocycles. The molecule has 144 valence electrons. The fraction of sp³-hybridized carbons (Fsp3) is 0.238. The highest BCUT2D eigenvalue weighted by molar-refractivity contribution is 7.23. The second-order valence-electron chi connectivity index (χ2n) is 6.75. The van der Waals surface area contributed by atoms with Crippen LogP contribution in [0.2, 0.25) is 0 Å². The van der Waals surface area contributed by atoms with Crippen LogP contribution in [0.4, 0.5) is 5.00 Å². The molecule has 0 aliphatic heterocycles. The van der Waals surface area contributed by atoms with Gasteiger partial charge in [0, 0.05) is 22.2 Å². The van der Waals surface area contributed by atoms with Gasteiger partial charge in [-0.05, 0) is 43.8 Å². The summed E-state index contributed by atoms with van der Waals surface area (Å²) < 4.78 is 5.71. The van der Waals surface area contributed by atoms with Crippen molar-refractivity contribution < 1.29 is 14.6 Å². The summed E-state index contributed by atoms with van der Waals surface area (Å²) >= 11 is 1.27. The first-order valence-electron chi connectivity index (χ1n) is 8.64. The van der Waals surface area contributed by atoms with E-state index >= 15 is 0 Å². The maximum absolute atomic E-state index is 12.4. The van der Waals surface area contributed by atoms with Crippen LogP contribution in [0.15, 0.2) is 30.3 Å². The SMILES string of the molecule is COC(=O)c1c(N)sc2c(CN(C)C)c(O)cc(Cc3ccccc3C#N)c12. The molecule has 0 amide bonds. The molecule has 3 rings (SSSR count). The molecule has 7 heteroatoms. The minimum absolute atomic E-state index is 0.142. The number of thiophene rings is 1. The molecule has 0 fully saturated rings. The third-order valence-electron chi connectivity index (χ3n) is 4.53. The Labute approximate surface area is 167 Å². The third kappa shape index (κ3) is 3.52. The quantitative estimate of drug-likeness (QED) is 0.642. The van der Waals surface area contributed by atoms with Crippen molar-refractivity contribution in [1.82, 2.24) is 4.90 Å². The molecule has 0 spiro atoms. The zero-order valence-corrected chi connectivity index (χ0v) is 16.8. The second kappa shape index (κ2) is 7.89. The van der Waals surface area contributed by atoms with Gasteiger partial charge in [0.15, 0.2) is 0 Å². The molecule has 0 radical (unpaired) electrons. The Morgan fingerprint density at radius 2 is 2.04 bits per heavy atom. The Kier molecular flexibility index (Phi) is 5.54. The summed E-state index contributed by atoms with van der Waals surface area (Å²) in [5.74, 6) is -0.372. The molecule has 28 heavy (non-hydrogen) atoms. The van der Waals surface area contributed by atoms with Gasteiger partial charge in [-0.1, -0.05) is 18.2 Å². The van der Waals surface area contributed by atoms with Crippen molar-refractivity contribution >= 4 is 32.4 Å². The summed E-state index contributed by atoms with van der Waals surface area (Å²) in [5.41, 5.74) is 9.28. The van der Waals surface area contributed by atoms with Crippen LogP contribution >= 0.6 is 11.3 Å². The number of phenols is 1. The summed E-state index contributed by atoms with van der Waals surface area (Å²) in [6.45, 7) is 0.498. The molecule has 0 aliphatic rings. The zero-order valence-electron chi connectivity index (χ0n) is 15.9. The number of esters is 1. The lowest BCUT2D eigenvalue weighted by Crippen LogP contribution is -2.11. The zero-order chi connectivity index (χ0) is 20.4. The lowest BCUT2D eigenvalue weighted by molar-refractivity contribution is 0.0604. The number of aromatic hydroxyl groups is 1. The van der Waals surface area contributed by atoms with Crippen LogP contribution in [-0.4, -0.2) is 37.2 Å². The molecule has 0 saturated heterocycles. The first-order chi connectivity index (χ1) is 13.4. The Balaban J connectivity index is 2.30. The van der Waals surface area contributed by atoms with E-state index in [2.05, 4.69) is 6.07 Å². The van der Waals surface area contributed by atoms with Gasteiger partial charge in [-0.25, -0.2) is 4.79 Å². The molecule has 1 heterocycles. The maximum Gasteiger partial charge on any atom is 0.341 e. The number of rotatable bonds is 5. The van der Waals surface area contributed by atoms with E-state index in [9.17, 15) is 15.2 Å². The van der Waals surface area contributed by atoms with Gasteiger partial charge in [-0.2, -0.15) is 5.26 Å². The predicted molar refractivity (Wildman–Crippen MR) is 111 cm³/mol. The molecular weight excluding hydrogens is 374 g/mol. The van der Waals surface area contributed by atoms with E-state index in [1.54, 1.807) is 18.2 Å². The van der Waals surface area contributed by atoms with Crippen LogP contribution in [0, 0.1) is 11.3 Å². The lowest BCUT2D eigenvalue weighted by Gasteiger charge is -2.15. The third-order valence-corrected chi connectivity index (χ3v) is 5.61. The van der Waals surface area contributed by atoms with Crippen LogP contribution in [-0.2, 0) is 17.7 Å². The van der Waals surface area contributed by atoms with Crippen molar-refractivity contribution in [3.8, 4) is 11.8 Å². The Morgan fingerprint density at radius 3 is 2.68 bits per heavy atom. The molecule has 3 aromatic rings. The number of nitrogen functional groups attached to an aromatic ring is 1. The summed E-state index contributed by atoms with van der Waals surface area (Å²) in [6, 6.07) is 11.1. The fourth-order valence-electron chi connectivity index (χ4n) is 3.31. The molecule has 0 atom stereocenters. The van der Waals surface area contributed by atoms with Gasteiger partial charge in [-0.15, -0.1) is 11.3 Å². The van der Waals surface area contributed by atoms with E-state index in [4.69, 9.17) is 10.5 Å². The van der Waals surface area contributed by atoms with Crippen LogP contribution < -0.4 is 5.73 Å². The summed E-state index contributed by atoms with van der Waals surface area (Å²) in [6.07, 6.45) is 0.385. The van der Waals surface area contributed by atoms with Gasteiger partial charge in [-0.3, -0.25) is 0 Å². The largest absolute Gasteiger partial charge is 0.508 e. The van der Waals surface area contributed by atoms with Gasteiger partial charge < -0.3 is 20.5 Å². The van der Waals surface area contributed by atoms with E-state index in [1.165, 1.54) is 18.4 Å². The van der Waals surface area contributed by atoms with E-state index in [0.29, 0.717) is 40.0 Å². The van der Waals surface area contributed by atoms with E-state index < -0.39 is 5.97 Å². The molecule has 1 aromatic heterocycles. The second-order valence-corrected chi connectivity index (χ2v) is 7.81. The van der Waals surface area contributed by atoms with E-state index in [0.717, 1.165) is 15.8 Å². The number of hydrogen-bond donors (Lipinski definition) is 2. The minimum atomic E-state index is -0.514. The summed E-state index contributed by atoms with van der Waals surface area (Å²) in [5, 5.41) is 21.1. The van der Waals surface area contributed by atoms with Gasteiger partial charge >= 0.3 is 5.97 Å². The highest BCUT2D eigenvalue weighted by atomic mass is 32.1.